The molecule has 0 saturated carbocycles. The van der Waals surface area contributed by atoms with E-state index >= 15 is 0 Å². The van der Waals surface area contributed by atoms with E-state index in [1.54, 1.807) is 0 Å². The Balaban J connectivity index is 1.97. The molecule has 0 aromatic carbocycles. The highest BCUT2D eigenvalue weighted by molar-refractivity contribution is 5.81. The molecule has 10 nitrogen and oxygen atoms in total. The summed E-state index contributed by atoms with van der Waals surface area (Å²) in [5.74, 6) is 5.19. The molecule has 3 rings (SSSR count). The Morgan fingerprint density at radius 1 is 1.30 bits per heavy atom. The molecule has 108 valence electrons. The number of nitrogens with two attached hydrogens (primary N) is 2. The van der Waals surface area contributed by atoms with Crippen LogP contribution >= 0.6 is 0 Å². The molecule has 0 radical (unpaired) electrons. The van der Waals surface area contributed by atoms with Gasteiger partial charge in [0, 0.05) is 0 Å². The van der Waals surface area contributed by atoms with Crippen molar-refractivity contribution in [3.63, 3.8) is 0 Å². The van der Waals surface area contributed by atoms with Crippen LogP contribution in [0.1, 0.15) is 6.23 Å². The summed E-state index contributed by atoms with van der Waals surface area (Å²) in [7, 11) is 0. The summed E-state index contributed by atoms with van der Waals surface area (Å²) in [5, 5.41) is 19.9. The lowest BCUT2D eigenvalue weighted by Crippen LogP contribution is -2.34. The molecular formula is C10H14N6O4. The fourth-order valence-electron chi connectivity index (χ4n) is 2.25. The van der Waals surface area contributed by atoms with Gasteiger partial charge >= 0.3 is 0 Å². The van der Waals surface area contributed by atoms with Gasteiger partial charge in [0.05, 0.1) is 12.9 Å². The fraction of sp³-hybridized carbons (Fsp3) is 0.500. The Labute approximate surface area is 112 Å². The first-order valence-corrected chi connectivity index (χ1v) is 5.89. The largest absolute Gasteiger partial charge is 0.387 e. The molecule has 10 heteroatoms. The number of ether oxygens (including phenoxy) is 1. The monoisotopic (exact) mass is 282 g/mol. The Morgan fingerprint density at radius 3 is 2.85 bits per heavy atom. The first-order chi connectivity index (χ1) is 9.63. The number of imidazole rings is 1. The van der Waals surface area contributed by atoms with Crippen molar-refractivity contribution in [1.82, 2.24) is 19.5 Å². The summed E-state index contributed by atoms with van der Waals surface area (Å²) in [6, 6.07) is 0. The molecule has 4 atom stereocenters. The summed E-state index contributed by atoms with van der Waals surface area (Å²) < 4.78 is 7.02. The van der Waals surface area contributed by atoms with Crippen molar-refractivity contribution in [3.05, 3.63) is 12.7 Å². The van der Waals surface area contributed by atoms with Crippen LogP contribution in [0, 0.1) is 0 Å². The molecule has 2 aromatic heterocycles. The molecule has 2 aromatic rings. The second kappa shape index (κ2) is 4.92. The molecular weight excluding hydrogens is 268 g/mol. The average molecular weight is 282 g/mol. The van der Waals surface area contributed by atoms with Crippen LogP contribution in [-0.4, -0.2) is 54.7 Å². The van der Waals surface area contributed by atoms with Gasteiger partial charge in [-0.3, -0.25) is 4.57 Å². The zero-order valence-electron chi connectivity index (χ0n) is 10.3. The van der Waals surface area contributed by atoms with Gasteiger partial charge in [0.15, 0.2) is 17.7 Å². The highest BCUT2D eigenvalue weighted by Gasteiger charge is 2.44. The fourth-order valence-corrected chi connectivity index (χ4v) is 2.25. The number of rotatable bonds is 3. The molecule has 1 fully saturated rings. The van der Waals surface area contributed by atoms with E-state index in [2.05, 4.69) is 19.8 Å². The van der Waals surface area contributed by atoms with Crippen LogP contribution in [0.4, 0.5) is 5.82 Å². The van der Waals surface area contributed by atoms with Gasteiger partial charge in [-0.1, -0.05) is 0 Å². The average Bonchev–Trinajstić information content (AvgIpc) is 2.97. The topological polar surface area (TPSA) is 155 Å². The Bertz CT molecular complexity index is 619. The summed E-state index contributed by atoms with van der Waals surface area (Å²) >= 11 is 0. The number of anilines is 1. The lowest BCUT2D eigenvalue weighted by molar-refractivity contribution is -0.0660. The van der Waals surface area contributed by atoms with Gasteiger partial charge < -0.3 is 25.5 Å². The molecule has 0 bridgehead atoms. The van der Waals surface area contributed by atoms with E-state index in [-0.39, 0.29) is 12.4 Å². The number of hydrogen-bond acceptors (Lipinski definition) is 9. The van der Waals surface area contributed by atoms with E-state index in [0.29, 0.717) is 11.2 Å². The third-order valence-electron chi connectivity index (χ3n) is 3.26. The predicted octanol–water partition coefficient (Wildman–Crippen LogP) is -2.08. The standard InChI is InChI=1S/C10H14N6O4/c11-8-5-9(14-2-13-8)16(3-15-5)10-7(18)6(17)4(20-10)1-19-12/h2-4,6-7,10,17-18H,1,12H2,(H2,11,13,14)/t4-,6-,7+,10-/m1/s1. The minimum atomic E-state index is -1.16. The maximum atomic E-state index is 10.1. The molecule has 0 unspecified atom stereocenters. The number of aliphatic hydroxyl groups is 2. The zero-order chi connectivity index (χ0) is 14.3. The normalized spacial score (nSPS) is 30.1. The third-order valence-corrected chi connectivity index (χ3v) is 3.26. The third kappa shape index (κ3) is 1.90. The number of aliphatic hydroxyl groups excluding tert-OH is 2. The van der Waals surface area contributed by atoms with E-state index in [1.807, 2.05) is 0 Å². The summed E-state index contributed by atoms with van der Waals surface area (Å²) in [5.41, 5.74) is 6.49. The summed E-state index contributed by atoms with van der Waals surface area (Å²) in [6.07, 6.45) is -1.18. The maximum Gasteiger partial charge on any atom is 0.167 e. The Kier molecular flexibility index (Phi) is 3.23. The molecule has 1 aliphatic heterocycles. The van der Waals surface area contributed by atoms with Crippen LogP contribution < -0.4 is 11.6 Å². The van der Waals surface area contributed by atoms with Crippen molar-refractivity contribution in [2.75, 3.05) is 12.3 Å². The first kappa shape index (κ1) is 13.1. The summed E-state index contributed by atoms with van der Waals surface area (Å²) in [4.78, 5) is 16.4. The van der Waals surface area contributed by atoms with Gasteiger partial charge in [0.1, 0.15) is 30.2 Å². The number of aromatic nitrogens is 4. The van der Waals surface area contributed by atoms with E-state index in [0.717, 1.165) is 0 Å². The molecule has 6 N–H and O–H groups in total. The molecule has 0 aliphatic carbocycles. The minimum Gasteiger partial charge on any atom is -0.387 e. The first-order valence-electron chi connectivity index (χ1n) is 5.89. The van der Waals surface area contributed by atoms with Crippen LogP contribution in [0.5, 0.6) is 0 Å². The molecule has 1 aliphatic rings. The van der Waals surface area contributed by atoms with Gasteiger partial charge in [-0.25, -0.2) is 20.8 Å². The van der Waals surface area contributed by atoms with E-state index in [1.165, 1.54) is 17.2 Å². The SMILES string of the molecule is NOC[C@H]1O[C@@H](n2cnc3c(N)ncnc32)[C@@H](O)[C@@H]1O. The van der Waals surface area contributed by atoms with Gasteiger partial charge in [0.2, 0.25) is 0 Å². The zero-order valence-corrected chi connectivity index (χ0v) is 10.3. The van der Waals surface area contributed by atoms with Gasteiger partial charge in [-0.15, -0.1) is 0 Å². The Morgan fingerprint density at radius 2 is 2.10 bits per heavy atom. The molecule has 1 saturated heterocycles. The van der Waals surface area contributed by atoms with Crippen LogP contribution in [0.15, 0.2) is 12.7 Å². The van der Waals surface area contributed by atoms with Crippen molar-refractivity contribution in [2.45, 2.75) is 24.5 Å². The van der Waals surface area contributed by atoms with Crippen molar-refractivity contribution < 1.29 is 19.8 Å². The van der Waals surface area contributed by atoms with Crippen LogP contribution in [0.25, 0.3) is 11.2 Å². The number of nitrogens with zero attached hydrogens (tertiary/aromatic N) is 4. The second-order valence-corrected chi connectivity index (χ2v) is 4.46. The van der Waals surface area contributed by atoms with Crippen LogP contribution in [0.3, 0.4) is 0 Å². The number of fused-ring (bicyclic) bond motifs is 1. The smallest absolute Gasteiger partial charge is 0.167 e. The maximum absolute atomic E-state index is 10.1. The molecule has 0 amide bonds. The second-order valence-electron chi connectivity index (χ2n) is 4.46. The molecule has 3 heterocycles. The quantitative estimate of drug-likeness (QED) is 0.464. The van der Waals surface area contributed by atoms with Crippen molar-refractivity contribution in [1.29, 1.82) is 0 Å². The van der Waals surface area contributed by atoms with E-state index in [9.17, 15) is 10.2 Å². The van der Waals surface area contributed by atoms with E-state index in [4.69, 9.17) is 16.4 Å². The lowest BCUT2D eigenvalue weighted by Gasteiger charge is -2.16. The number of nitrogen functional groups attached to an aromatic ring is 1. The highest BCUT2D eigenvalue weighted by Crippen LogP contribution is 2.31. The van der Waals surface area contributed by atoms with Crippen LogP contribution in [0.2, 0.25) is 0 Å². The number of hydrogen-bond donors (Lipinski definition) is 4. The molecule has 20 heavy (non-hydrogen) atoms. The predicted molar refractivity (Wildman–Crippen MR) is 65.8 cm³/mol. The van der Waals surface area contributed by atoms with Crippen molar-refractivity contribution in [3.8, 4) is 0 Å². The van der Waals surface area contributed by atoms with Crippen molar-refractivity contribution >= 4 is 17.0 Å². The lowest BCUT2D eigenvalue weighted by atomic mass is 10.1. The van der Waals surface area contributed by atoms with E-state index < -0.39 is 24.5 Å². The van der Waals surface area contributed by atoms with Gasteiger partial charge in [-0.05, 0) is 0 Å². The van der Waals surface area contributed by atoms with Crippen molar-refractivity contribution in [2.24, 2.45) is 5.90 Å². The minimum absolute atomic E-state index is 0.0432. The van der Waals surface area contributed by atoms with Crippen LogP contribution in [-0.2, 0) is 9.57 Å². The summed E-state index contributed by atoms with van der Waals surface area (Å²) in [6.45, 7) is -0.0432. The molecule has 0 spiro atoms. The Hall–Kier alpha value is -1.85. The highest BCUT2D eigenvalue weighted by atomic mass is 16.6. The van der Waals surface area contributed by atoms with Gasteiger partial charge in [-0.2, -0.15) is 0 Å². The van der Waals surface area contributed by atoms with Gasteiger partial charge in [0.25, 0.3) is 0 Å².